The molecule has 0 aromatic carbocycles. The Morgan fingerprint density at radius 2 is 2.19 bits per heavy atom. The summed E-state index contributed by atoms with van der Waals surface area (Å²) in [5.41, 5.74) is 5.91. The fourth-order valence-electron chi connectivity index (χ4n) is 5.69. The molecule has 36 heavy (non-hydrogen) atoms. The van der Waals surface area contributed by atoms with Gasteiger partial charge in [-0.15, -0.1) is 11.8 Å². The van der Waals surface area contributed by atoms with Crippen molar-refractivity contribution in [2.75, 3.05) is 12.8 Å². The minimum Gasteiger partial charge on any atom is -0.393 e. The first-order valence-electron chi connectivity index (χ1n) is 11.8. The largest absolute Gasteiger partial charge is 0.393 e. The third kappa shape index (κ3) is 4.53. The first kappa shape index (κ1) is 26.5. The molecule has 3 aliphatic heterocycles. The van der Waals surface area contributed by atoms with Gasteiger partial charge in [0, 0.05) is 62.5 Å². The molecular formula is C23H29IN5O4S3+. The van der Waals surface area contributed by atoms with Crippen LogP contribution in [0.3, 0.4) is 0 Å². The normalized spacial score (nSPS) is 28.6. The third-order valence-corrected chi connectivity index (χ3v) is 11.1. The summed E-state index contributed by atoms with van der Waals surface area (Å²) in [5.74, 6) is -0.899. The molecule has 4 N–H and O–H groups in total. The fraction of sp³-hybridized carbons (Fsp3) is 0.565. The van der Waals surface area contributed by atoms with Gasteiger partial charge in [0.05, 0.1) is 18.1 Å². The molecule has 0 saturated carbocycles. The summed E-state index contributed by atoms with van der Waals surface area (Å²) >= 11 is 6.80. The van der Waals surface area contributed by atoms with Crippen molar-refractivity contribution in [3.8, 4) is 0 Å². The number of primary amides is 1. The third-order valence-electron chi connectivity index (χ3n) is 7.19. The molecule has 2 aromatic heterocycles. The molecule has 0 radical (unpaired) electrons. The van der Waals surface area contributed by atoms with E-state index in [0.717, 1.165) is 34.3 Å². The number of nitrogens with two attached hydrogens (primary N) is 1. The Morgan fingerprint density at radius 3 is 2.83 bits per heavy atom. The highest BCUT2D eigenvalue weighted by atomic mass is 127. The average molecular weight is 663 g/mol. The summed E-state index contributed by atoms with van der Waals surface area (Å²) in [6.45, 7) is 4.73. The summed E-state index contributed by atoms with van der Waals surface area (Å²) in [7, 11) is 0. The van der Waals surface area contributed by atoms with Crippen LogP contribution in [0.4, 0.5) is 0 Å². The maximum atomic E-state index is 12.7. The van der Waals surface area contributed by atoms with Crippen LogP contribution in [0.2, 0.25) is 0 Å². The monoisotopic (exact) mass is 662 g/mol. The molecule has 5 rings (SSSR count). The molecule has 9 nitrogen and oxygen atoms in total. The number of fused-ring (bicyclic) bond motifs is 2. The number of nitrogens with one attached hydrogen (secondary N) is 1. The van der Waals surface area contributed by atoms with Crippen LogP contribution in [-0.4, -0.2) is 66.2 Å². The van der Waals surface area contributed by atoms with Crippen molar-refractivity contribution in [1.29, 1.82) is 0 Å². The molecule has 6 atom stereocenters. The summed E-state index contributed by atoms with van der Waals surface area (Å²) in [6, 6.07) is 0.193. The molecular weight excluding hydrogens is 633 g/mol. The SMILES string of the molecule is CSc1n2cc(C[C@@H]3C[C@H](SC4=C(C(=O)I)N5C(=O)[C@H]([C@@H](C)O)[C@H]5[C@H]4C)CN3)sc2c[n+]1CC(N)=O. The Hall–Kier alpha value is -1.13. The number of carbonyl (C=O) groups is 3. The maximum Gasteiger partial charge on any atom is 0.324 e. The number of rotatable bonds is 9. The van der Waals surface area contributed by atoms with E-state index < -0.39 is 12.0 Å². The highest BCUT2D eigenvalue weighted by Gasteiger charge is 2.59. The van der Waals surface area contributed by atoms with Gasteiger partial charge in [0.2, 0.25) is 14.5 Å². The molecule has 0 spiro atoms. The van der Waals surface area contributed by atoms with Crippen LogP contribution in [0, 0.1) is 11.8 Å². The Morgan fingerprint density at radius 1 is 1.44 bits per heavy atom. The lowest BCUT2D eigenvalue weighted by Gasteiger charge is -2.46. The van der Waals surface area contributed by atoms with Crippen molar-refractivity contribution in [2.24, 2.45) is 17.6 Å². The minimum absolute atomic E-state index is 0.0381. The Balaban J connectivity index is 1.27. The van der Waals surface area contributed by atoms with Gasteiger partial charge in [0.15, 0.2) is 6.54 Å². The predicted octanol–water partition coefficient (Wildman–Crippen LogP) is 1.53. The summed E-state index contributed by atoms with van der Waals surface area (Å²) in [4.78, 5) is 41.5. The van der Waals surface area contributed by atoms with E-state index in [0.29, 0.717) is 17.0 Å². The van der Waals surface area contributed by atoms with Crippen molar-refractivity contribution >= 4 is 77.9 Å². The number of aromatic nitrogens is 2. The van der Waals surface area contributed by atoms with E-state index in [4.69, 9.17) is 5.73 Å². The van der Waals surface area contributed by atoms with Crippen LogP contribution >= 0.6 is 57.5 Å². The number of amides is 2. The van der Waals surface area contributed by atoms with E-state index >= 15 is 0 Å². The zero-order valence-corrected chi connectivity index (χ0v) is 24.7. The number of carbonyl (C=O) groups excluding carboxylic acids is 3. The molecule has 2 fully saturated rings. The van der Waals surface area contributed by atoms with Gasteiger partial charge in [-0.25, -0.2) is 4.57 Å². The summed E-state index contributed by atoms with van der Waals surface area (Å²) < 4.78 is 3.90. The number of aliphatic hydroxyl groups is 1. The molecule has 5 heterocycles. The quantitative estimate of drug-likeness (QED) is 0.123. The number of nitrogens with zero attached hydrogens (tertiary/aromatic N) is 3. The zero-order valence-electron chi connectivity index (χ0n) is 20.1. The van der Waals surface area contributed by atoms with Crippen molar-refractivity contribution < 1.29 is 24.1 Å². The number of hydrogen-bond donors (Lipinski definition) is 3. The van der Waals surface area contributed by atoms with E-state index in [1.807, 2.05) is 17.0 Å². The zero-order chi connectivity index (χ0) is 25.9. The van der Waals surface area contributed by atoms with Gasteiger partial charge >= 0.3 is 5.16 Å². The maximum absolute atomic E-state index is 12.7. The van der Waals surface area contributed by atoms with E-state index in [1.165, 1.54) is 4.88 Å². The van der Waals surface area contributed by atoms with Gasteiger partial charge in [0.1, 0.15) is 18.1 Å². The van der Waals surface area contributed by atoms with Gasteiger partial charge in [-0.2, -0.15) is 4.40 Å². The van der Waals surface area contributed by atoms with Crippen LogP contribution in [0.1, 0.15) is 25.1 Å². The Labute approximate surface area is 235 Å². The van der Waals surface area contributed by atoms with Crippen molar-refractivity contribution in [3.05, 3.63) is 27.9 Å². The van der Waals surface area contributed by atoms with Crippen LogP contribution in [-0.2, 0) is 27.3 Å². The summed E-state index contributed by atoms with van der Waals surface area (Å²) in [5, 5.41) is 15.0. The van der Waals surface area contributed by atoms with Gasteiger partial charge in [-0.05, 0) is 31.4 Å². The van der Waals surface area contributed by atoms with Gasteiger partial charge in [0.25, 0.3) is 5.91 Å². The Bertz CT molecular complexity index is 1270. The molecule has 0 aliphatic carbocycles. The molecule has 0 bridgehead atoms. The van der Waals surface area contributed by atoms with Gasteiger partial charge in [-0.3, -0.25) is 14.4 Å². The standard InChI is InChI=1S/C23H28IN5O4S3/c1-10-18-17(11(2)30)22(33)29(18)19(21(24)32)20(10)36-13-4-12(26-6-13)5-14-7-28-16(35-14)9-27(8-15(25)31)23(28)34-3/h7,9-13,17-18,26,30H,4-6,8H2,1-3H3,(H-,25,31)/p+1/t10-,11-,12+,13+,17-,18-/m1/s1. The number of β-lactam (4-membered cyclic amide) rings is 1. The molecule has 194 valence electrons. The van der Waals surface area contributed by atoms with Gasteiger partial charge in [-0.1, -0.05) is 18.3 Å². The van der Waals surface area contributed by atoms with Crippen LogP contribution in [0.5, 0.6) is 0 Å². The minimum atomic E-state index is -0.720. The molecule has 3 aliphatic rings. The number of allylic oxidation sites excluding steroid dienone is 1. The first-order chi connectivity index (χ1) is 17.1. The lowest BCUT2D eigenvalue weighted by molar-refractivity contribution is -0.720. The number of thioether (sulfide) groups is 2. The van der Waals surface area contributed by atoms with Crippen molar-refractivity contribution in [1.82, 2.24) is 14.6 Å². The number of halogens is 1. The predicted molar refractivity (Wildman–Crippen MR) is 149 cm³/mol. The lowest BCUT2D eigenvalue weighted by Crippen LogP contribution is -2.63. The molecule has 13 heteroatoms. The number of imidazole rings is 1. The van der Waals surface area contributed by atoms with Crippen LogP contribution in [0.25, 0.3) is 4.83 Å². The lowest BCUT2D eigenvalue weighted by atomic mass is 9.79. The number of aliphatic hydroxyl groups excluding tert-OH is 1. The van der Waals surface area contributed by atoms with E-state index in [9.17, 15) is 19.5 Å². The van der Waals surface area contributed by atoms with E-state index in [1.54, 1.807) is 69.3 Å². The van der Waals surface area contributed by atoms with E-state index in [-0.39, 0.29) is 34.1 Å². The van der Waals surface area contributed by atoms with Gasteiger partial charge < -0.3 is 21.1 Å². The highest BCUT2D eigenvalue weighted by molar-refractivity contribution is 14.1. The Kier molecular flexibility index (Phi) is 7.51. The topological polar surface area (TPSA) is 121 Å². The smallest absolute Gasteiger partial charge is 0.324 e. The number of hydrogen-bond acceptors (Lipinski definition) is 8. The average Bonchev–Trinajstić information content (AvgIpc) is 3.51. The molecule has 2 amide bonds. The fourth-order valence-corrected chi connectivity index (χ4v) is 9.83. The van der Waals surface area contributed by atoms with Crippen molar-refractivity contribution in [2.45, 2.75) is 61.8 Å². The molecule has 0 unspecified atom stereocenters. The number of thiazole rings is 1. The van der Waals surface area contributed by atoms with Crippen molar-refractivity contribution in [3.63, 3.8) is 0 Å². The van der Waals surface area contributed by atoms with Crippen LogP contribution < -0.4 is 15.6 Å². The second kappa shape index (κ2) is 10.2. The highest BCUT2D eigenvalue weighted by Crippen LogP contribution is 2.52. The first-order valence-corrected chi connectivity index (χ1v) is 15.8. The van der Waals surface area contributed by atoms with Crippen LogP contribution in [0.15, 0.2) is 28.2 Å². The second-order valence-electron chi connectivity index (χ2n) is 9.64. The molecule has 2 aromatic rings. The van der Waals surface area contributed by atoms with E-state index in [2.05, 4.69) is 22.8 Å². The molecule has 2 saturated heterocycles. The second-order valence-corrected chi connectivity index (χ2v) is 13.9. The summed E-state index contributed by atoms with van der Waals surface area (Å²) in [6.07, 6.45) is 7.26.